The van der Waals surface area contributed by atoms with Crippen LogP contribution in [0.25, 0.3) is 0 Å². The number of hydrogen-bond acceptors (Lipinski definition) is 1. The van der Waals surface area contributed by atoms with Crippen molar-refractivity contribution < 1.29 is 4.39 Å². The zero-order valence-electron chi connectivity index (χ0n) is 10.3. The first-order valence-electron chi connectivity index (χ1n) is 5.50. The molecule has 0 saturated carbocycles. The van der Waals surface area contributed by atoms with E-state index in [1.54, 1.807) is 4.68 Å². The fourth-order valence-corrected chi connectivity index (χ4v) is 1.57. The maximum atomic E-state index is 12.4. The van der Waals surface area contributed by atoms with E-state index in [2.05, 4.69) is 45.8 Å². The largest absolute Gasteiger partial charge is 0.266 e. The van der Waals surface area contributed by atoms with E-state index in [1.165, 1.54) is 0 Å². The molecule has 3 heteroatoms. The number of aryl methyl sites for hydroxylation is 1. The molecule has 0 aromatic carbocycles. The van der Waals surface area contributed by atoms with E-state index in [0.29, 0.717) is 12.5 Å². The zero-order chi connectivity index (χ0) is 11.6. The van der Waals surface area contributed by atoms with E-state index in [-0.39, 0.29) is 12.1 Å². The molecule has 0 amide bonds. The molecule has 86 valence electrons. The van der Waals surface area contributed by atoms with E-state index in [0.717, 1.165) is 11.4 Å². The van der Waals surface area contributed by atoms with Crippen LogP contribution >= 0.6 is 0 Å². The molecule has 1 heterocycles. The highest BCUT2D eigenvalue weighted by molar-refractivity contribution is 5.20. The highest BCUT2D eigenvalue weighted by atomic mass is 19.1. The molecule has 0 aliphatic rings. The third-order valence-corrected chi connectivity index (χ3v) is 2.46. The summed E-state index contributed by atoms with van der Waals surface area (Å²) in [5.74, 6) is 0.395. The van der Waals surface area contributed by atoms with Crippen molar-refractivity contribution in [2.45, 2.75) is 52.5 Å². The Bertz CT molecular complexity index is 321. The van der Waals surface area contributed by atoms with Crippen molar-refractivity contribution in [1.29, 1.82) is 0 Å². The molecule has 0 unspecified atom stereocenters. The average molecular weight is 212 g/mol. The minimum Gasteiger partial charge on any atom is -0.266 e. The predicted molar refractivity (Wildman–Crippen MR) is 61.0 cm³/mol. The van der Waals surface area contributed by atoms with Crippen LogP contribution in [0.3, 0.4) is 0 Å². The van der Waals surface area contributed by atoms with Gasteiger partial charge >= 0.3 is 0 Å². The van der Waals surface area contributed by atoms with Crippen LogP contribution in [0.4, 0.5) is 4.39 Å². The lowest BCUT2D eigenvalue weighted by molar-refractivity contribution is 0.399. The highest BCUT2D eigenvalue weighted by Gasteiger charge is 2.21. The third-order valence-electron chi connectivity index (χ3n) is 2.46. The van der Waals surface area contributed by atoms with E-state index in [9.17, 15) is 4.39 Å². The fourth-order valence-electron chi connectivity index (χ4n) is 1.57. The van der Waals surface area contributed by atoms with Gasteiger partial charge < -0.3 is 0 Å². The molecular formula is C12H21FN2. The molecule has 0 saturated heterocycles. The first-order valence-corrected chi connectivity index (χ1v) is 5.50. The van der Waals surface area contributed by atoms with Gasteiger partial charge in [0.15, 0.2) is 0 Å². The second-order valence-electron chi connectivity index (χ2n) is 5.27. The van der Waals surface area contributed by atoms with Gasteiger partial charge in [-0.05, 0) is 12.0 Å². The lowest BCUT2D eigenvalue weighted by atomic mass is 9.91. The van der Waals surface area contributed by atoms with Gasteiger partial charge in [-0.2, -0.15) is 5.10 Å². The molecule has 0 N–H and O–H groups in total. The van der Waals surface area contributed by atoms with Gasteiger partial charge in [0.25, 0.3) is 0 Å². The molecule has 2 nitrogen and oxygen atoms in total. The second-order valence-corrected chi connectivity index (χ2v) is 5.27. The maximum Gasteiger partial charge on any atom is 0.109 e. The Labute approximate surface area is 91.5 Å². The van der Waals surface area contributed by atoms with Crippen LogP contribution < -0.4 is 0 Å². The first-order chi connectivity index (χ1) is 6.86. The monoisotopic (exact) mass is 212 g/mol. The number of halogens is 1. The van der Waals surface area contributed by atoms with Crippen molar-refractivity contribution in [2.75, 3.05) is 6.67 Å². The first kappa shape index (κ1) is 12.2. The van der Waals surface area contributed by atoms with Crippen molar-refractivity contribution in [3.05, 3.63) is 17.5 Å². The summed E-state index contributed by atoms with van der Waals surface area (Å²) in [5, 5.41) is 4.44. The van der Waals surface area contributed by atoms with Crippen LogP contribution in [0.5, 0.6) is 0 Å². The van der Waals surface area contributed by atoms with Crippen molar-refractivity contribution >= 4 is 0 Å². The Balaban J connectivity index is 3.12. The zero-order valence-corrected chi connectivity index (χ0v) is 10.3. The van der Waals surface area contributed by atoms with Crippen molar-refractivity contribution in [3.8, 4) is 0 Å². The number of hydrogen-bond donors (Lipinski definition) is 0. The molecule has 1 aromatic heterocycles. The van der Waals surface area contributed by atoms with Gasteiger partial charge in [0, 0.05) is 11.1 Å². The topological polar surface area (TPSA) is 17.8 Å². The van der Waals surface area contributed by atoms with Crippen molar-refractivity contribution in [2.24, 2.45) is 0 Å². The summed E-state index contributed by atoms with van der Waals surface area (Å²) in [7, 11) is 0. The van der Waals surface area contributed by atoms with Gasteiger partial charge in [-0.25, -0.2) is 4.39 Å². The highest BCUT2D eigenvalue weighted by Crippen LogP contribution is 2.25. The van der Waals surface area contributed by atoms with Crippen LogP contribution in [0.15, 0.2) is 6.07 Å². The predicted octanol–water partition coefficient (Wildman–Crippen LogP) is 3.27. The van der Waals surface area contributed by atoms with Gasteiger partial charge in [-0.15, -0.1) is 0 Å². The molecule has 1 aromatic rings. The normalized spacial score (nSPS) is 12.5. The Morgan fingerprint density at radius 3 is 2.40 bits per heavy atom. The molecule has 0 radical (unpaired) electrons. The lowest BCUT2D eigenvalue weighted by Crippen LogP contribution is -2.19. The summed E-state index contributed by atoms with van der Waals surface area (Å²) < 4.78 is 14.2. The Kier molecular flexibility index (Phi) is 3.53. The van der Waals surface area contributed by atoms with E-state index in [1.807, 2.05) is 0 Å². The van der Waals surface area contributed by atoms with E-state index in [4.69, 9.17) is 0 Å². The molecule has 0 aliphatic heterocycles. The molecule has 0 bridgehead atoms. The van der Waals surface area contributed by atoms with Gasteiger partial charge in [0.1, 0.15) is 6.67 Å². The lowest BCUT2D eigenvalue weighted by Gasteiger charge is -2.19. The smallest absolute Gasteiger partial charge is 0.109 e. The van der Waals surface area contributed by atoms with Gasteiger partial charge in [-0.3, -0.25) is 4.68 Å². The number of aromatic nitrogens is 2. The number of alkyl halides is 1. The minimum atomic E-state index is -0.359. The summed E-state index contributed by atoms with van der Waals surface area (Å²) in [6, 6.07) is 2.10. The quantitative estimate of drug-likeness (QED) is 0.752. The van der Waals surface area contributed by atoms with Crippen molar-refractivity contribution in [3.63, 3.8) is 0 Å². The SMILES string of the molecule is CC(C)c1cc(C(C)(C)C)n(CCF)n1. The van der Waals surface area contributed by atoms with E-state index >= 15 is 0 Å². The molecule has 0 aliphatic carbocycles. The standard InChI is InChI=1S/C12H21FN2/c1-9(2)10-8-11(12(3,4)5)15(14-10)7-6-13/h8-9H,6-7H2,1-5H3. The van der Waals surface area contributed by atoms with Crippen LogP contribution in [0, 0.1) is 0 Å². The summed E-state index contributed by atoms with van der Waals surface area (Å²) in [4.78, 5) is 0. The minimum absolute atomic E-state index is 0.0231. The molecule has 0 fully saturated rings. The summed E-state index contributed by atoms with van der Waals surface area (Å²) in [6.07, 6.45) is 0. The Morgan fingerprint density at radius 1 is 1.40 bits per heavy atom. The summed E-state index contributed by atoms with van der Waals surface area (Å²) >= 11 is 0. The Morgan fingerprint density at radius 2 is 2.00 bits per heavy atom. The third kappa shape index (κ3) is 2.80. The van der Waals surface area contributed by atoms with Gasteiger partial charge in [-0.1, -0.05) is 34.6 Å². The summed E-state index contributed by atoms with van der Waals surface area (Å²) in [6.45, 7) is 10.6. The number of rotatable bonds is 3. The van der Waals surface area contributed by atoms with Crippen molar-refractivity contribution in [1.82, 2.24) is 9.78 Å². The molecule has 1 rings (SSSR count). The van der Waals surface area contributed by atoms with Crippen LogP contribution in [-0.2, 0) is 12.0 Å². The molecule has 0 spiro atoms. The number of nitrogens with zero attached hydrogens (tertiary/aromatic N) is 2. The van der Waals surface area contributed by atoms with E-state index < -0.39 is 0 Å². The van der Waals surface area contributed by atoms with Gasteiger partial charge in [0.2, 0.25) is 0 Å². The average Bonchev–Trinajstić information content (AvgIpc) is 2.48. The summed E-state index contributed by atoms with van der Waals surface area (Å²) in [5.41, 5.74) is 2.19. The molecule has 0 atom stereocenters. The van der Waals surface area contributed by atoms with Crippen LogP contribution in [0.2, 0.25) is 0 Å². The molecular weight excluding hydrogens is 191 g/mol. The van der Waals surface area contributed by atoms with Crippen LogP contribution in [-0.4, -0.2) is 16.5 Å². The maximum absolute atomic E-state index is 12.4. The fraction of sp³-hybridized carbons (Fsp3) is 0.750. The van der Waals surface area contributed by atoms with Gasteiger partial charge in [0.05, 0.1) is 12.2 Å². The molecule has 15 heavy (non-hydrogen) atoms. The second kappa shape index (κ2) is 4.33. The van der Waals surface area contributed by atoms with Crippen LogP contribution in [0.1, 0.15) is 51.9 Å². The Hall–Kier alpha value is -0.860.